The minimum atomic E-state index is -1.06. The van der Waals surface area contributed by atoms with Crippen LogP contribution >= 0.6 is 0 Å². The molecular formula is C18H28O7. The third-order valence-electron chi connectivity index (χ3n) is 3.98. The van der Waals surface area contributed by atoms with Crippen LogP contribution in [0, 0.1) is 0 Å². The van der Waals surface area contributed by atoms with Crippen LogP contribution in [-0.4, -0.2) is 58.3 Å². The Labute approximate surface area is 147 Å². The number of methoxy groups -OCH3 is 1. The topological polar surface area (TPSA) is 124 Å². The summed E-state index contributed by atoms with van der Waals surface area (Å²) in [6.07, 6.45) is 3.76. The molecule has 1 aromatic carbocycles. The van der Waals surface area contributed by atoms with Gasteiger partial charge in [-0.2, -0.15) is 0 Å². The van der Waals surface area contributed by atoms with Crippen molar-refractivity contribution >= 4 is 11.9 Å². The van der Waals surface area contributed by atoms with Crippen molar-refractivity contribution in [2.75, 3.05) is 14.2 Å². The molecule has 1 aromatic rings. The first-order chi connectivity index (χ1) is 11.8. The van der Waals surface area contributed by atoms with Gasteiger partial charge in [-0.1, -0.05) is 13.0 Å². The van der Waals surface area contributed by atoms with E-state index in [-0.39, 0.29) is 17.2 Å². The van der Waals surface area contributed by atoms with Crippen LogP contribution in [0.2, 0.25) is 0 Å². The lowest BCUT2D eigenvalue weighted by Crippen LogP contribution is -2.36. The van der Waals surface area contributed by atoms with Gasteiger partial charge in [0, 0.05) is 13.5 Å². The maximum atomic E-state index is 11.0. The fourth-order valence-electron chi connectivity index (χ4n) is 2.53. The third kappa shape index (κ3) is 8.11. The smallest absolute Gasteiger partial charge is 0.337 e. The maximum absolute atomic E-state index is 11.0. The number of aliphatic hydroxyl groups is 3. The van der Waals surface area contributed by atoms with E-state index in [0.717, 1.165) is 32.8 Å². The summed E-state index contributed by atoms with van der Waals surface area (Å²) in [5.41, 5.74) is -0.247. The first-order valence-electron chi connectivity index (χ1n) is 8.08. The van der Waals surface area contributed by atoms with Gasteiger partial charge in [-0.05, 0) is 43.9 Å². The van der Waals surface area contributed by atoms with Crippen molar-refractivity contribution in [2.24, 2.45) is 0 Å². The first kappa shape index (κ1) is 23.0. The van der Waals surface area contributed by atoms with Gasteiger partial charge in [0.15, 0.2) is 0 Å². The van der Waals surface area contributed by atoms with Crippen molar-refractivity contribution in [1.82, 2.24) is 0 Å². The molecule has 4 N–H and O–H groups in total. The number of carboxylic acid groups (broad SMARTS) is 1. The van der Waals surface area contributed by atoms with Gasteiger partial charge < -0.3 is 25.2 Å². The first-order valence-corrected chi connectivity index (χ1v) is 8.08. The van der Waals surface area contributed by atoms with E-state index in [1.54, 1.807) is 0 Å². The molecule has 0 saturated heterocycles. The summed E-state index contributed by atoms with van der Waals surface area (Å²) >= 11 is 0. The molecule has 0 aromatic heterocycles. The van der Waals surface area contributed by atoms with E-state index in [1.165, 1.54) is 31.4 Å². The number of aliphatic hydroxyl groups excluding tert-OH is 2. The SMILES string of the molecule is CCC1(O)CCCC(O)C1.CO.COC(=O)c1cccc(C(=O)O)c1. The molecule has 1 aliphatic rings. The minimum absolute atomic E-state index is 0.0721. The average Bonchev–Trinajstić information content (AvgIpc) is 2.63. The Morgan fingerprint density at radius 1 is 1.28 bits per heavy atom. The highest BCUT2D eigenvalue weighted by atomic mass is 16.5. The molecule has 0 radical (unpaired) electrons. The maximum Gasteiger partial charge on any atom is 0.337 e. The number of aromatic carboxylic acids is 1. The highest BCUT2D eigenvalue weighted by molar-refractivity contribution is 5.94. The molecular weight excluding hydrogens is 328 g/mol. The zero-order valence-corrected chi connectivity index (χ0v) is 14.9. The summed E-state index contributed by atoms with van der Waals surface area (Å²) < 4.78 is 4.44. The fraction of sp³-hybridized carbons (Fsp3) is 0.556. The van der Waals surface area contributed by atoms with Crippen LogP contribution in [0.3, 0.4) is 0 Å². The summed E-state index contributed by atoms with van der Waals surface area (Å²) in [6, 6.07) is 5.68. The molecule has 2 rings (SSSR count). The molecule has 7 heteroatoms. The van der Waals surface area contributed by atoms with Gasteiger partial charge >= 0.3 is 11.9 Å². The van der Waals surface area contributed by atoms with Crippen LogP contribution < -0.4 is 0 Å². The molecule has 142 valence electrons. The monoisotopic (exact) mass is 356 g/mol. The Balaban J connectivity index is 0.000000430. The number of hydrogen-bond acceptors (Lipinski definition) is 6. The number of esters is 1. The molecule has 1 saturated carbocycles. The molecule has 2 unspecified atom stereocenters. The van der Waals surface area contributed by atoms with Gasteiger partial charge in [0.2, 0.25) is 0 Å². The lowest BCUT2D eigenvalue weighted by molar-refractivity contribution is -0.0472. The third-order valence-corrected chi connectivity index (χ3v) is 3.98. The van der Waals surface area contributed by atoms with Crippen molar-refractivity contribution in [3.8, 4) is 0 Å². The fourth-order valence-corrected chi connectivity index (χ4v) is 2.53. The second kappa shape index (κ2) is 11.6. The number of rotatable bonds is 3. The molecule has 0 aliphatic heterocycles. The second-order valence-corrected chi connectivity index (χ2v) is 5.71. The summed E-state index contributed by atoms with van der Waals surface area (Å²) in [5.74, 6) is -1.60. The van der Waals surface area contributed by atoms with Gasteiger partial charge in [-0.15, -0.1) is 0 Å². The number of carboxylic acids is 1. The molecule has 1 fully saturated rings. The van der Waals surface area contributed by atoms with Crippen molar-refractivity contribution in [3.05, 3.63) is 35.4 Å². The molecule has 0 bridgehead atoms. The zero-order valence-electron chi connectivity index (χ0n) is 14.9. The zero-order chi connectivity index (χ0) is 19.5. The number of carbonyl (C=O) groups is 2. The standard InChI is InChI=1S/C9H8O4.C8H16O2.CH4O/c1-13-9(12)7-4-2-3-6(5-7)8(10)11;1-2-8(10)5-3-4-7(9)6-8;1-2/h2-5H,1H3,(H,10,11);7,9-10H,2-6H2,1H3;2H,1H3. The predicted octanol–water partition coefficient (Wildman–Crippen LogP) is 1.84. The lowest BCUT2D eigenvalue weighted by atomic mass is 9.81. The Bertz CT molecular complexity index is 544. The van der Waals surface area contributed by atoms with Crippen molar-refractivity contribution in [3.63, 3.8) is 0 Å². The van der Waals surface area contributed by atoms with Gasteiger partial charge in [0.25, 0.3) is 0 Å². The summed E-state index contributed by atoms with van der Waals surface area (Å²) in [6.45, 7) is 1.97. The van der Waals surface area contributed by atoms with Crippen molar-refractivity contribution < 1.29 is 34.8 Å². The normalized spacial score (nSPS) is 21.8. The van der Waals surface area contributed by atoms with Crippen LogP contribution in [0.15, 0.2) is 24.3 Å². The highest BCUT2D eigenvalue weighted by Crippen LogP contribution is 2.30. The number of carbonyl (C=O) groups excluding carboxylic acids is 1. The van der Waals surface area contributed by atoms with Gasteiger partial charge in [-0.3, -0.25) is 0 Å². The van der Waals surface area contributed by atoms with E-state index >= 15 is 0 Å². The Morgan fingerprint density at radius 3 is 2.32 bits per heavy atom. The van der Waals surface area contributed by atoms with E-state index in [2.05, 4.69) is 4.74 Å². The molecule has 0 spiro atoms. The summed E-state index contributed by atoms with van der Waals surface area (Å²) in [7, 11) is 2.25. The molecule has 25 heavy (non-hydrogen) atoms. The summed E-state index contributed by atoms with van der Waals surface area (Å²) in [5, 5.41) is 34.5. The van der Waals surface area contributed by atoms with Gasteiger partial charge in [-0.25, -0.2) is 9.59 Å². The number of ether oxygens (including phenoxy) is 1. The van der Waals surface area contributed by atoms with E-state index in [4.69, 9.17) is 10.2 Å². The Morgan fingerprint density at radius 2 is 1.88 bits per heavy atom. The van der Waals surface area contributed by atoms with Crippen LogP contribution in [0.4, 0.5) is 0 Å². The van der Waals surface area contributed by atoms with Crippen LogP contribution in [0.5, 0.6) is 0 Å². The van der Waals surface area contributed by atoms with Gasteiger partial charge in [0.05, 0.1) is 29.9 Å². The van der Waals surface area contributed by atoms with Crippen LogP contribution in [0.25, 0.3) is 0 Å². The van der Waals surface area contributed by atoms with Crippen LogP contribution in [-0.2, 0) is 4.74 Å². The lowest BCUT2D eigenvalue weighted by Gasteiger charge is -2.33. The van der Waals surface area contributed by atoms with E-state index in [1.807, 2.05) is 6.92 Å². The van der Waals surface area contributed by atoms with Crippen LogP contribution in [0.1, 0.15) is 59.7 Å². The molecule has 7 nitrogen and oxygen atoms in total. The second-order valence-electron chi connectivity index (χ2n) is 5.71. The molecule has 1 aliphatic carbocycles. The number of hydrogen-bond donors (Lipinski definition) is 4. The van der Waals surface area contributed by atoms with E-state index < -0.39 is 17.5 Å². The van der Waals surface area contributed by atoms with E-state index in [0.29, 0.717) is 6.42 Å². The highest BCUT2D eigenvalue weighted by Gasteiger charge is 2.31. The average molecular weight is 356 g/mol. The molecule has 0 heterocycles. The largest absolute Gasteiger partial charge is 0.478 e. The number of benzene rings is 1. The molecule has 2 atom stereocenters. The van der Waals surface area contributed by atoms with Crippen molar-refractivity contribution in [1.29, 1.82) is 0 Å². The minimum Gasteiger partial charge on any atom is -0.478 e. The Hall–Kier alpha value is -1.96. The molecule has 0 amide bonds. The predicted molar refractivity (Wildman–Crippen MR) is 92.6 cm³/mol. The Kier molecular flexibility index (Phi) is 10.7. The van der Waals surface area contributed by atoms with E-state index in [9.17, 15) is 19.8 Å². The quantitative estimate of drug-likeness (QED) is 0.609. The van der Waals surface area contributed by atoms with Gasteiger partial charge in [0.1, 0.15) is 0 Å². The van der Waals surface area contributed by atoms with Crippen molar-refractivity contribution in [2.45, 2.75) is 50.7 Å². The summed E-state index contributed by atoms with van der Waals surface area (Å²) in [4.78, 5) is 21.5.